The molecule has 4 heteroatoms. The Morgan fingerprint density at radius 2 is 2.12 bits per heavy atom. The third kappa shape index (κ3) is 5.15. The molecule has 0 aromatic heterocycles. The maximum Gasteiger partial charge on any atom is 0.129 e. The van der Waals surface area contributed by atoms with E-state index in [0.29, 0.717) is 5.56 Å². The molecule has 1 aromatic rings. The summed E-state index contributed by atoms with van der Waals surface area (Å²) in [6.45, 7) is 3.05. The molecule has 0 spiro atoms. The van der Waals surface area contributed by atoms with Gasteiger partial charge in [0, 0.05) is 22.7 Å². The SMILES string of the molecule is CC(NCCCCCO)c1ccc(Br)cc1F. The molecule has 0 amide bonds. The van der Waals surface area contributed by atoms with Gasteiger partial charge in [0.2, 0.25) is 0 Å². The maximum absolute atomic E-state index is 13.6. The third-order valence-electron chi connectivity index (χ3n) is 2.71. The summed E-state index contributed by atoms with van der Waals surface area (Å²) >= 11 is 3.24. The van der Waals surface area contributed by atoms with Gasteiger partial charge < -0.3 is 10.4 Å². The van der Waals surface area contributed by atoms with Crippen LogP contribution in [0.3, 0.4) is 0 Å². The summed E-state index contributed by atoms with van der Waals surface area (Å²) in [6, 6.07) is 5.14. The summed E-state index contributed by atoms with van der Waals surface area (Å²) in [5, 5.41) is 11.9. The van der Waals surface area contributed by atoms with Crippen molar-refractivity contribution in [2.75, 3.05) is 13.2 Å². The molecule has 0 aliphatic heterocycles. The molecule has 0 saturated carbocycles. The lowest BCUT2D eigenvalue weighted by Crippen LogP contribution is -2.20. The standard InChI is InChI=1S/C13H19BrFNO/c1-10(16-7-3-2-4-8-17)12-6-5-11(14)9-13(12)15/h5-6,9-10,16-17H,2-4,7-8H2,1H3. The molecule has 17 heavy (non-hydrogen) atoms. The molecule has 0 bridgehead atoms. The molecule has 2 N–H and O–H groups in total. The smallest absolute Gasteiger partial charge is 0.129 e. The Hall–Kier alpha value is -0.450. The summed E-state index contributed by atoms with van der Waals surface area (Å²) in [6.07, 6.45) is 2.84. The van der Waals surface area contributed by atoms with E-state index in [-0.39, 0.29) is 18.5 Å². The molecule has 0 aliphatic carbocycles. The predicted octanol–water partition coefficient (Wildman–Crippen LogP) is 3.40. The van der Waals surface area contributed by atoms with Crippen LogP contribution in [-0.2, 0) is 0 Å². The van der Waals surface area contributed by atoms with Gasteiger partial charge in [0.05, 0.1) is 0 Å². The van der Waals surface area contributed by atoms with Crippen LogP contribution in [0.25, 0.3) is 0 Å². The van der Waals surface area contributed by atoms with Gasteiger partial charge in [-0.15, -0.1) is 0 Å². The van der Waals surface area contributed by atoms with E-state index in [2.05, 4.69) is 21.2 Å². The van der Waals surface area contributed by atoms with Crippen molar-refractivity contribution >= 4 is 15.9 Å². The topological polar surface area (TPSA) is 32.3 Å². The van der Waals surface area contributed by atoms with Crippen molar-refractivity contribution in [3.05, 3.63) is 34.1 Å². The number of hydrogen-bond donors (Lipinski definition) is 2. The lowest BCUT2D eigenvalue weighted by atomic mass is 10.1. The molecule has 1 rings (SSSR count). The first-order chi connectivity index (χ1) is 8.15. The molecular weight excluding hydrogens is 285 g/mol. The molecule has 96 valence electrons. The van der Waals surface area contributed by atoms with E-state index in [0.717, 1.165) is 30.3 Å². The normalized spacial score (nSPS) is 12.7. The van der Waals surface area contributed by atoms with Gasteiger partial charge >= 0.3 is 0 Å². The fourth-order valence-corrected chi connectivity index (χ4v) is 2.03. The molecule has 0 radical (unpaired) electrons. The minimum Gasteiger partial charge on any atom is -0.396 e. The van der Waals surface area contributed by atoms with Crippen LogP contribution in [0.2, 0.25) is 0 Å². The van der Waals surface area contributed by atoms with Crippen molar-refractivity contribution in [1.29, 1.82) is 0 Å². The summed E-state index contributed by atoms with van der Waals surface area (Å²) in [5.74, 6) is -0.185. The summed E-state index contributed by atoms with van der Waals surface area (Å²) in [4.78, 5) is 0. The van der Waals surface area contributed by atoms with E-state index in [1.54, 1.807) is 6.07 Å². The minimum atomic E-state index is -0.185. The second-order valence-electron chi connectivity index (χ2n) is 4.13. The van der Waals surface area contributed by atoms with E-state index >= 15 is 0 Å². The van der Waals surface area contributed by atoms with Gasteiger partial charge in [-0.1, -0.05) is 22.0 Å². The van der Waals surface area contributed by atoms with E-state index in [1.807, 2.05) is 13.0 Å². The zero-order valence-electron chi connectivity index (χ0n) is 10.0. The Bertz CT molecular complexity index is 346. The van der Waals surface area contributed by atoms with Crippen LogP contribution in [0.1, 0.15) is 37.8 Å². The highest BCUT2D eigenvalue weighted by Crippen LogP contribution is 2.20. The largest absolute Gasteiger partial charge is 0.396 e. The summed E-state index contributed by atoms with van der Waals surface area (Å²) in [5.41, 5.74) is 0.690. The van der Waals surface area contributed by atoms with Crippen molar-refractivity contribution in [2.45, 2.75) is 32.2 Å². The molecule has 0 fully saturated rings. The number of hydrogen-bond acceptors (Lipinski definition) is 2. The third-order valence-corrected chi connectivity index (χ3v) is 3.21. The van der Waals surface area contributed by atoms with Gasteiger partial charge in [-0.05, 0) is 44.9 Å². The first-order valence-corrected chi connectivity index (χ1v) is 6.73. The van der Waals surface area contributed by atoms with E-state index in [9.17, 15) is 4.39 Å². The minimum absolute atomic E-state index is 0.0113. The quantitative estimate of drug-likeness (QED) is 0.757. The van der Waals surface area contributed by atoms with Crippen LogP contribution < -0.4 is 5.32 Å². The van der Waals surface area contributed by atoms with Crippen molar-refractivity contribution in [1.82, 2.24) is 5.32 Å². The number of nitrogens with one attached hydrogen (secondary N) is 1. The van der Waals surface area contributed by atoms with Crippen molar-refractivity contribution < 1.29 is 9.50 Å². The van der Waals surface area contributed by atoms with Crippen LogP contribution in [0.4, 0.5) is 4.39 Å². The molecule has 0 heterocycles. The monoisotopic (exact) mass is 303 g/mol. The highest BCUT2D eigenvalue weighted by Gasteiger charge is 2.09. The maximum atomic E-state index is 13.6. The summed E-state index contributed by atoms with van der Waals surface area (Å²) < 4.78 is 14.4. The average molecular weight is 304 g/mol. The van der Waals surface area contributed by atoms with Crippen LogP contribution in [0.15, 0.2) is 22.7 Å². The fraction of sp³-hybridized carbons (Fsp3) is 0.538. The van der Waals surface area contributed by atoms with E-state index < -0.39 is 0 Å². The molecule has 1 unspecified atom stereocenters. The first-order valence-electron chi connectivity index (χ1n) is 5.94. The Kier molecular flexibility index (Phi) is 6.70. The summed E-state index contributed by atoms with van der Waals surface area (Å²) in [7, 11) is 0. The van der Waals surface area contributed by atoms with Gasteiger partial charge in [-0.3, -0.25) is 0 Å². The van der Waals surface area contributed by atoms with Gasteiger partial charge in [-0.25, -0.2) is 4.39 Å². The number of aliphatic hydroxyl groups is 1. The Morgan fingerprint density at radius 1 is 1.35 bits per heavy atom. The highest BCUT2D eigenvalue weighted by atomic mass is 79.9. The van der Waals surface area contributed by atoms with E-state index in [4.69, 9.17) is 5.11 Å². The zero-order valence-corrected chi connectivity index (χ0v) is 11.6. The average Bonchev–Trinajstić information content (AvgIpc) is 2.28. The number of rotatable bonds is 7. The van der Waals surface area contributed by atoms with Crippen LogP contribution >= 0.6 is 15.9 Å². The molecule has 1 atom stereocenters. The lowest BCUT2D eigenvalue weighted by Gasteiger charge is -2.15. The molecular formula is C13H19BrFNO. The van der Waals surface area contributed by atoms with Gasteiger partial charge in [0.1, 0.15) is 5.82 Å². The second kappa shape index (κ2) is 7.80. The van der Waals surface area contributed by atoms with Gasteiger partial charge in [0.15, 0.2) is 0 Å². The van der Waals surface area contributed by atoms with E-state index in [1.165, 1.54) is 6.07 Å². The van der Waals surface area contributed by atoms with Crippen LogP contribution in [-0.4, -0.2) is 18.3 Å². The fourth-order valence-electron chi connectivity index (χ4n) is 1.69. The van der Waals surface area contributed by atoms with Crippen molar-refractivity contribution in [3.63, 3.8) is 0 Å². The van der Waals surface area contributed by atoms with Gasteiger partial charge in [0.25, 0.3) is 0 Å². The Morgan fingerprint density at radius 3 is 2.76 bits per heavy atom. The highest BCUT2D eigenvalue weighted by molar-refractivity contribution is 9.10. The predicted molar refractivity (Wildman–Crippen MR) is 71.5 cm³/mol. The van der Waals surface area contributed by atoms with Crippen molar-refractivity contribution in [2.24, 2.45) is 0 Å². The second-order valence-corrected chi connectivity index (χ2v) is 5.04. The molecule has 2 nitrogen and oxygen atoms in total. The number of benzene rings is 1. The van der Waals surface area contributed by atoms with Crippen molar-refractivity contribution in [3.8, 4) is 0 Å². The number of aliphatic hydroxyl groups excluding tert-OH is 1. The lowest BCUT2D eigenvalue weighted by molar-refractivity contribution is 0.282. The number of unbranched alkanes of at least 4 members (excludes halogenated alkanes) is 2. The molecule has 0 saturated heterocycles. The Balaban J connectivity index is 2.38. The molecule has 0 aliphatic rings. The zero-order chi connectivity index (χ0) is 12.7. The Labute approximate surface area is 110 Å². The number of halogens is 2. The van der Waals surface area contributed by atoms with Crippen LogP contribution in [0.5, 0.6) is 0 Å². The first kappa shape index (κ1) is 14.6. The molecule has 1 aromatic carbocycles. The van der Waals surface area contributed by atoms with Gasteiger partial charge in [-0.2, -0.15) is 0 Å². The van der Waals surface area contributed by atoms with Crippen LogP contribution in [0, 0.1) is 5.82 Å².